The van der Waals surface area contributed by atoms with Crippen molar-refractivity contribution in [2.24, 2.45) is 11.5 Å². The molecule has 0 radical (unpaired) electrons. The van der Waals surface area contributed by atoms with E-state index in [9.17, 15) is 19.2 Å². The highest BCUT2D eigenvalue weighted by Crippen LogP contribution is 2.29. The number of alkyl carbamates (subject to hydrolysis) is 2. The van der Waals surface area contributed by atoms with Crippen molar-refractivity contribution in [2.45, 2.75) is 112 Å². The molecule has 4 amide bonds. The third-order valence-corrected chi connectivity index (χ3v) is 9.89. The summed E-state index contributed by atoms with van der Waals surface area (Å²) >= 11 is 0. The summed E-state index contributed by atoms with van der Waals surface area (Å²) < 4.78 is 14.2. The number of nitrogens with one attached hydrogen (secondary N) is 4. The lowest BCUT2D eigenvalue weighted by atomic mass is 10.0. The number of aryl methyl sites for hydroxylation is 2. The predicted octanol–water partition coefficient (Wildman–Crippen LogP) is 9.20. The number of anilines is 2. The number of benzene rings is 4. The van der Waals surface area contributed by atoms with Crippen LogP contribution in [0.2, 0.25) is 0 Å². The van der Waals surface area contributed by atoms with Gasteiger partial charge < -0.3 is 42.2 Å². The number of rotatable bonds is 16. The molecule has 0 bridgehead atoms. The van der Waals surface area contributed by atoms with E-state index in [4.69, 9.17) is 20.9 Å². The fraction of sp³-hybridized carbons (Fsp3) is 0.358. The lowest BCUT2D eigenvalue weighted by Gasteiger charge is -2.24. The average Bonchev–Trinajstić information content (AvgIpc) is 3.92. The first-order valence-electron chi connectivity index (χ1n) is 22.9. The van der Waals surface area contributed by atoms with E-state index in [2.05, 4.69) is 69.6 Å². The van der Waals surface area contributed by atoms with Crippen molar-refractivity contribution in [1.82, 2.24) is 30.2 Å². The minimum absolute atomic E-state index is 0. The molecule has 0 spiro atoms. The minimum Gasteiger partial charge on any atom is -0.444 e. The first-order valence-corrected chi connectivity index (χ1v) is 22.9. The van der Waals surface area contributed by atoms with E-state index >= 15 is 0 Å². The molecule has 0 aliphatic rings. The summed E-state index contributed by atoms with van der Waals surface area (Å²) in [6.45, 7) is 14.5. The molecule has 16 heteroatoms. The van der Waals surface area contributed by atoms with Gasteiger partial charge in [0.25, 0.3) is 0 Å². The van der Waals surface area contributed by atoms with Gasteiger partial charge in [-0.3, -0.25) is 9.59 Å². The van der Waals surface area contributed by atoms with E-state index in [0.29, 0.717) is 5.82 Å². The van der Waals surface area contributed by atoms with Crippen molar-refractivity contribution >= 4 is 35.6 Å². The summed E-state index contributed by atoms with van der Waals surface area (Å²) in [5.74, 6) is -0.205. The van der Waals surface area contributed by atoms with Gasteiger partial charge in [0, 0.05) is 29.8 Å². The van der Waals surface area contributed by atoms with Crippen molar-refractivity contribution in [1.29, 1.82) is 0 Å². The largest absolute Gasteiger partial charge is 0.444 e. The molecule has 69 heavy (non-hydrogen) atoms. The second-order valence-corrected chi connectivity index (χ2v) is 18.1. The molecule has 8 N–H and O–H groups in total. The van der Waals surface area contributed by atoms with Gasteiger partial charge in [-0.05, 0) is 102 Å². The topological polar surface area (TPSA) is 223 Å². The molecule has 0 fully saturated rings. The number of amides is 4. The summed E-state index contributed by atoms with van der Waals surface area (Å²) in [7, 11) is 0. The molecule has 0 aliphatic carbocycles. The summed E-state index contributed by atoms with van der Waals surface area (Å²) in [6.07, 6.45) is 2.55. The van der Waals surface area contributed by atoms with Crippen LogP contribution in [0.25, 0.3) is 33.9 Å². The van der Waals surface area contributed by atoms with Gasteiger partial charge in [0.2, 0.25) is 11.8 Å². The van der Waals surface area contributed by atoms with Gasteiger partial charge >= 0.3 is 12.2 Å². The van der Waals surface area contributed by atoms with Crippen LogP contribution in [-0.2, 0) is 31.9 Å². The van der Waals surface area contributed by atoms with E-state index < -0.39 is 41.4 Å². The third kappa shape index (κ3) is 16.8. The summed E-state index contributed by atoms with van der Waals surface area (Å²) in [4.78, 5) is 50.3. The van der Waals surface area contributed by atoms with Gasteiger partial charge in [-0.25, -0.2) is 19.0 Å². The van der Waals surface area contributed by atoms with Gasteiger partial charge in [0.15, 0.2) is 11.6 Å². The number of nitrogens with zero attached hydrogens (tertiary/aromatic N) is 4. The molecule has 0 aliphatic heterocycles. The number of hydrogen-bond donors (Lipinski definition) is 6. The number of aromatic nitrogens is 4. The minimum atomic E-state index is -1.17. The fourth-order valence-electron chi connectivity index (χ4n) is 6.88. The zero-order valence-electron chi connectivity index (χ0n) is 40.3. The van der Waals surface area contributed by atoms with Gasteiger partial charge in [-0.2, -0.15) is 0 Å². The Morgan fingerprint density at radius 3 is 1.46 bits per heavy atom. The molecule has 0 saturated heterocycles. The number of nitrogens with two attached hydrogens (primary N) is 2. The zero-order chi connectivity index (χ0) is 49.4. The Kier molecular flexibility index (Phi) is 19.8. The number of carbonyl (C=O) groups is 4. The van der Waals surface area contributed by atoms with Crippen LogP contribution in [0.1, 0.15) is 86.8 Å². The van der Waals surface area contributed by atoms with Crippen molar-refractivity contribution in [2.75, 3.05) is 23.7 Å². The van der Waals surface area contributed by atoms with Crippen LogP contribution in [0.3, 0.4) is 0 Å². The van der Waals surface area contributed by atoms with Crippen LogP contribution in [0.4, 0.5) is 21.2 Å². The molecule has 2 atom stereocenters. The Morgan fingerprint density at radius 2 is 1.04 bits per heavy atom. The van der Waals surface area contributed by atoms with Crippen LogP contribution in [0, 0.1) is 0 Å². The first kappa shape index (κ1) is 54.3. The number of ether oxygens (including phenoxy) is 2. The normalized spacial score (nSPS) is 12.0. The van der Waals surface area contributed by atoms with Crippen LogP contribution >= 0.6 is 0 Å². The monoisotopic (exact) mass is 943 g/mol. The van der Waals surface area contributed by atoms with Gasteiger partial charge in [-0.1, -0.05) is 107 Å². The van der Waals surface area contributed by atoms with Crippen molar-refractivity contribution in [3.05, 3.63) is 132 Å². The molecule has 16 nitrogen and oxygen atoms in total. The average molecular weight is 943 g/mol. The maximum Gasteiger partial charge on any atom is 0.408 e. The van der Waals surface area contributed by atoms with Crippen molar-refractivity contribution < 1.29 is 28.7 Å². The van der Waals surface area contributed by atoms with Crippen molar-refractivity contribution in [3.8, 4) is 33.9 Å². The van der Waals surface area contributed by atoms with E-state index in [1.807, 2.05) is 95.7 Å². The smallest absolute Gasteiger partial charge is 0.408 e. The standard InChI is InChI=1S/C31H41N5O5.C21H25N5O.CH4/c1-8-13-21-14-12-15-22(18-21)25-19-26(35-36(25)23-16-10-9-11-17-23)34-27(37)24(33-29(39)41-31(5,6)7)20-32-28(38)40-30(2,3)4;1-2-7-15-8-6-9-16(12-15)19-13-20(24-21(27)18(23)14-22)25-26(19)17-10-4-3-5-11-17;/h9-12,14-19,24H,8,13,20H2,1-7H3,(H,32,38)(H,33,39)(H,34,35,37);3-6,8-13,18H,2,7,14,22-23H2,1H3,(H,24,25,27);1H4/t24-;18-;/m11./s1. The molecule has 368 valence electrons. The second kappa shape index (κ2) is 25.2. The molecule has 2 aromatic heterocycles. The highest BCUT2D eigenvalue weighted by Gasteiger charge is 2.27. The van der Waals surface area contributed by atoms with E-state index in [-0.39, 0.29) is 32.2 Å². The number of hydrogen-bond acceptors (Lipinski definition) is 10. The Balaban J connectivity index is 0.000000321. The van der Waals surface area contributed by atoms with Crippen LogP contribution in [0.15, 0.2) is 121 Å². The third-order valence-electron chi connectivity index (χ3n) is 9.89. The maximum atomic E-state index is 13.4. The summed E-state index contributed by atoms with van der Waals surface area (Å²) in [5, 5.41) is 19.9. The molecule has 4 aromatic carbocycles. The molecular weight excluding hydrogens is 873 g/mol. The lowest BCUT2D eigenvalue weighted by Crippen LogP contribution is -2.52. The Morgan fingerprint density at radius 1 is 0.609 bits per heavy atom. The van der Waals surface area contributed by atoms with E-state index in [1.165, 1.54) is 11.1 Å². The van der Waals surface area contributed by atoms with Crippen LogP contribution in [-0.4, -0.2) is 79.9 Å². The highest BCUT2D eigenvalue weighted by atomic mass is 16.6. The van der Waals surface area contributed by atoms with Crippen LogP contribution < -0.4 is 32.7 Å². The Labute approximate surface area is 406 Å². The highest BCUT2D eigenvalue weighted by molar-refractivity contribution is 5.97. The first-order chi connectivity index (χ1) is 32.4. The number of carbonyl (C=O) groups excluding carboxylic acids is 4. The second-order valence-electron chi connectivity index (χ2n) is 18.1. The molecule has 0 unspecified atom stereocenters. The van der Waals surface area contributed by atoms with Gasteiger partial charge in [0.1, 0.15) is 17.2 Å². The lowest BCUT2D eigenvalue weighted by molar-refractivity contribution is -0.118. The predicted molar refractivity (Wildman–Crippen MR) is 274 cm³/mol. The quantitative estimate of drug-likeness (QED) is 0.0540. The zero-order valence-corrected chi connectivity index (χ0v) is 40.3. The number of para-hydroxylation sites is 2. The van der Waals surface area contributed by atoms with Gasteiger partial charge in [0.05, 0.1) is 35.3 Å². The molecule has 2 heterocycles. The summed E-state index contributed by atoms with van der Waals surface area (Å²) in [6, 6.07) is 37.7. The van der Waals surface area contributed by atoms with E-state index in [0.717, 1.165) is 59.6 Å². The van der Waals surface area contributed by atoms with Gasteiger partial charge in [-0.15, -0.1) is 10.2 Å². The van der Waals surface area contributed by atoms with Crippen LogP contribution in [0.5, 0.6) is 0 Å². The SMILES string of the molecule is C.CCCc1cccc(-c2cc(NC(=O)[C@@H](CNC(=O)OC(C)(C)C)NC(=O)OC(C)(C)C)nn2-c2ccccc2)c1.CCCc1cccc(-c2cc(NC(=O)[C@H](N)CN)nn2-c2ccccc2)c1. The Hall–Kier alpha value is -7.30. The molecule has 6 aromatic rings. The summed E-state index contributed by atoms with van der Waals surface area (Å²) in [5.41, 5.74) is 17.6. The molecule has 0 saturated carbocycles. The fourth-order valence-corrected chi connectivity index (χ4v) is 6.88. The maximum absolute atomic E-state index is 13.4. The Bertz CT molecular complexity index is 2600. The molecular formula is C53H70N10O6. The van der Waals surface area contributed by atoms with Crippen molar-refractivity contribution in [3.63, 3.8) is 0 Å². The molecule has 6 rings (SSSR count). The van der Waals surface area contributed by atoms with E-state index in [1.54, 1.807) is 52.3 Å².